The molecule has 0 saturated heterocycles. The van der Waals surface area contributed by atoms with Crippen molar-refractivity contribution in [2.45, 2.75) is 219 Å². The Labute approximate surface area is 282 Å². The van der Waals surface area contributed by atoms with Crippen LogP contribution in [0, 0.1) is 0 Å². The fraction of sp³-hybridized carbons (Fsp3) is 1.00. The molecular formula is C38H79O6P. The van der Waals surface area contributed by atoms with Crippen molar-refractivity contribution in [2.24, 2.45) is 0 Å². The number of hydrogen-bond donors (Lipinski definition) is 2. The molecule has 0 aliphatic heterocycles. The lowest BCUT2D eigenvalue weighted by Crippen LogP contribution is -2.44. The van der Waals surface area contributed by atoms with Crippen LogP contribution in [-0.4, -0.2) is 42.2 Å². The van der Waals surface area contributed by atoms with Gasteiger partial charge in [-0.25, -0.2) is 0 Å². The lowest BCUT2D eigenvalue weighted by molar-refractivity contribution is -0.389. The maximum atomic E-state index is 9.53. The largest absolute Gasteiger partial charge is 0.328 e. The zero-order chi connectivity index (χ0) is 32.9. The van der Waals surface area contributed by atoms with Gasteiger partial charge in [-0.2, -0.15) is 0 Å². The Hall–Kier alpha value is 0.190. The van der Waals surface area contributed by atoms with Gasteiger partial charge in [-0.3, -0.25) is 0 Å². The van der Waals surface area contributed by atoms with E-state index in [0.29, 0.717) is 19.8 Å². The van der Waals surface area contributed by atoms with Gasteiger partial charge in [0.05, 0.1) is 19.8 Å². The second-order valence-corrected chi connectivity index (χ2v) is 14.1. The van der Waals surface area contributed by atoms with Gasteiger partial charge < -0.3 is 28.5 Å². The van der Waals surface area contributed by atoms with Crippen LogP contribution >= 0.6 is 8.60 Å². The van der Waals surface area contributed by atoms with Gasteiger partial charge in [0.15, 0.2) is 0 Å². The minimum absolute atomic E-state index is 0.126. The number of hydrogen-bond acceptors (Lipinski definition) is 6. The standard InChI is InChI=1S/C38H79O6P/c1-4-7-10-13-16-19-22-25-28-31-34-41-38(37-44-45(39)40,42-35-32-29-26-23-20-17-14-11-8-5-2)43-36-33-30-27-24-21-18-15-12-9-6-3/h39-40H,4-37H2,1-3H3. The average molecular weight is 663 g/mol. The smallest absolute Gasteiger partial charge is 0.327 e. The third-order valence-corrected chi connectivity index (χ3v) is 9.18. The van der Waals surface area contributed by atoms with Gasteiger partial charge in [0.2, 0.25) is 0 Å². The third kappa shape index (κ3) is 33.9. The van der Waals surface area contributed by atoms with Crippen LogP contribution in [0.3, 0.4) is 0 Å². The molecular weight excluding hydrogens is 583 g/mol. The Morgan fingerprint density at radius 3 is 0.800 bits per heavy atom. The van der Waals surface area contributed by atoms with Crippen molar-refractivity contribution in [2.75, 3.05) is 26.4 Å². The molecule has 0 radical (unpaired) electrons. The zero-order valence-electron chi connectivity index (χ0n) is 30.5. The molecule has 0 aliphatic rings. The number of rotatable bonds is 39. The normalized spacial score (nSPS) is 12.1. The van der Waals surface area contributed by atoms with E-state index < -0.39 is 14.6 Å². The summed E-state index contributed by atoms with van der Waals surface area (Å²) >= 11 is 0. The Morgan fingerprint density at radius 1 is 0.356 bits per heavy atom. The molecule has 2 N–H and O–H groups in total. The Kier molecular flexibility index (Phi) is 37.2. The average Bonchev–Trinajstić information content (AvgIpc) is 3.04. The first-order chi connectivity index (χ1) is 22.1. The van der Waals surface area contributed by atoms with E-state index in [9.17, 15) is 9.79 Å². The Balaban J connectivity index is 4.58. The monoisotopic (exact) mass is 663 g/mol. The van der Waals surface area contributed by atoms with E-state index in [2.05, 4.69) is 20.8 Å². The zero-order valence-corrected chi connectivity index (χ0v) is 31.4. The molecule has 0 spiro atoms. The minimum atomic E-state index is -2.51. The van der Waals surface area contributed by atoms with Crippen LogP contribution in [0.25, 0.3) is 0 Å². The minimum Gasteiger partial charge on any atom is -0.328 e. The van der Waals surface area contributed by atoms with Crippen molar-refractivity contribution in [1.82, 2.24) is 0 Å². The van der Waals surface area contributed by atoms with Crippen molar-refractivity contribution in [3.05, 3.63) is 0 Å². The second-order valence-electron chi connectivity index (χ2n) is 13.3. The van der Waals surface area contributed by atoms with E-state index in [1.54, 1.807) is 0 Å². The molecule has 272 valence electrons. The summed E-state index contributed by atoms with van der Waals surface area (Å²) in [5, 5.41) is 0. The number of unbranched alkanes of at least 4 members (excludes halogenated alkanes) is 27. The van der Waals surface area contributed by atoms with Crippen molar-refractivity contribution < 1.29 is 28.5 Å². The van der Waals surface area contributed by atoms with E-state index in [-0.39, 0.29) is 6.61 Å². The van der Waals surface area contributed by atoms with Crippen LogP contribution in [0.15, 0.2) is 0 Å². The van der Waals surface area contributed by atoms with Crippen LogP contribution in [0.1, 0.15) is 213 Å². The predicted octanol–water partition coefficient (Wildman–Crippen LogP) is 12.7. The molecule has 0 aromatic rings. The summed E-state index contributed by atoms with van der Waals surface area (Å²) in [5.41, 5.74) is 0. The molecule has 0 bridgehead atoms. The van der Waals surface area contributed by atoms with E-state index in [1.807, 2.05) is 0 Å². The molecule has 0 aliphatic carbocycles. The molecule has 0 aromatic heterocycles. The first-order valence-corrected chi connectivity index (χ1v) is 21.0. The van der Waals surface area contributed by atoms with Gasteiger partial charge in [0.1, 0.15) is 6.61 Å². The maximum absolute atomic E-state index is 9.53. The fourth-order valence-electron chi connectivity index (χ4n) is 5.84. The summed E-state index contributed by atoms with van der Waals surface area (Å²) in [6.45, 7) is 8.23. The van der Waals surface area contributed by atoms with Gasteiger partial charge in [-0.15, -0.1) is 0 Å². The quantitative estimate of drug-likeness (QED) is 0.0387. The summed E-state index contributed by atoms with van der Waals surface area (Å²) in [6, 6.07) is 0. The van der Waals surface area contributed by atoms with Crippen molar-refractivity contribution >= 4 is 8.60 Å². The predicted molar refractivity (Wildman–Crippen MR) is 193 cm³/mol. The lowest BCUT2D eigenvalue weighted by Gasteiger charge is -2.33. The fourth-order valence-corrected chi connectivity index (χ4v) is 6.11. The summed E-state index contributed by atoms with van der Waals surface area (Å²) < 4.78 is 24.0. The Bertz CT molecular complexity index is 486. The molecule has 0 heterocycles. The second kappa shape index (κ2) is 37.0. The molecule has 6 nitrogen and oxygen atoms in total. The van der Waals surface area contributed by atoms with Crippen molar-refractivity contribution in [3.63, 3.8) is 0 Å². The SMILES string of the molecule is CCCCCCCCCCCCOC(COP(O)O)(OCCCCCCCCCCCC)OCCCCCCCCCCCC. The van der Waals surface area contributed by atoms with E-state index in [4.69, 9.17) is 18.7 Å². The molecule has 45 heavy (non-hydrogen) atoms. The van der Waals surface area contributed by atoms with E-state index in [0.717, 1.165) is 38.5 Å². The molecule has 7 heteroatoms. The summed E-state index contributed by atoms with van der Waals surface area (Å²) in [6.07, 6.45) is 37.9. The molecule has 0 aromatic carbocycles. The van der Waals surface area contributed by atoms with Gasteiger partial charge >= 0.3 is 14.6 Å². The van der Waals surface area contributed by atoms with Crippen LogP contribution < -0.4 is 0 Å². The lowest BCUT2D eigenvalue weighted by atomic mass is 10.1. The molecule has 0 saturated carbocycles. The molecule has 0 fully saturated rings. The first kappa shape index (κ1) is 45.2. The highest BCUT2D eigenvalue weighted by Crippen LogP contribution is 2.30. The summed E-state index contributed by atoms with van der Waals surface area (Å²) in [4.78, 5) is 19.1. The summed E-state index contributed by atoms with van der Waals surface area (Å²) in [5.74, 6) is -1.37. The van der Waals surface area contributed by atoms with E-state index in [1.165, 1.54) is 154 Å². The molecule has 0 rings (SSSR count). The highest BCUT2D eigenvalue weighted by molar-refractivity contribution is 7.39. The van der Waals surface area contributed by atoms with Crippen molar-refractivity contribution in [3.8, 4) is 0 Å². The van der Waals surface area contributed by atoms with Gasteiger partial charge in [-0.05, 0) is 19.3 Å². The topological polar surface area (TPSA) is 77.4 Å². The summed E-state index contributed by atoms with van der Waals surface area (Å²) in [7, 11) is -2.51. The van der Waals surface area contributed by atoms with Crippen LogP contribution in [0.4, 0.5) is 0 Å². The van der Waals surface area contributed by atoms with Gasteiger partial charge in [-0.1, -0.05) is 194 Å². The van der Waals surface area contributed by atoms with Crippen LogP contribution in [0.5, 0.6) is 0 Å². The highest BCUT2D eigenvalue weighted by Gasteiger charge is 2.35. The van der Waals surface area contributed by atoms with Gasteiger partial charge in [0.25, 0.3) is 0 Å². The Morgan fingerprint density at radius 2 is 0.578 bits per heavy atom. The first-order valence-electron chi connectivity index (χ1n) is 19.8. The third-order valence-electron chi connectivity index (χ3n) is 8.82. The maximum Gasteiger partial charge on any atom is 0.327 e. The molecule has 0 unspecified atom stereocenters. The highest BCUT2D eigenvalue weighted by atomic mass is 31.2. The van der Waals surface area contributed by atoms with Crippen molar-refractivity contribution in [1.29, 1.82) is 0 Å². The van der Waals surface area contributed by atoms with Crippen LogP contribution in [0.2, 0.25) is 0 Å². The van der Waals surface area contributed by atoms with E-state index >= 15 is 0 Å². The molecule has 0 atom stereocenters. The van der Waals surface area contributed by atoms with Crippen LogP contribution in [-0.2, 0) is 18.7 Å². The number of ether oxygens (including phenoxy) is 3. The van der Waals surface area contributed by atoms with Gasteiger partial charge in [0, 0.05) is 0 Å². The molecule has 0 amide bonds.